The van der Waals surface area contributed by atoms with Crippen molar-refractivity contribution < 1.29 is 14.3 Å². The van der Waals surface area contributed by atoms with Crippen molar-refractivity contribution >= 4 is 11.9 Å². The highest BCUT2D eigenvalue weighted by molar-refractivity contribution is 5.79. The number of hydrogen-bond acceptors (Lipinski definition) is 4. The Morgan fingerprint density at radius 2 is 1.94 bits per heavy atom. The Kier molecular flexibility index (Phi) is 9.28. The first-order valence-corrected chi connectivity index (χ1v) is 6.55. The molecular weight excluding hydrogens is 232 g/mol. The number of amides is 1. The van der Waals surface area contributed by atoms with Crippen LogP contribution in [-0.4, -0.2) is 50.1 Å². The molecule has 0 aliphatic heterocycles. The molecule has 0 rings (SSSR count). The van der Waals surface area contributed by atoms with Crippen LogP contribution in [-0.2, 0) is 14.3 Å². The molecule has 0 fully saturated rings. The molecule has 1 amide bonds. The van der Waals surface area contributed by atoms with Gasteiger partial charge in [0.05, 0.1) is 20.2 Å². The molecule has 0 atom stereocenters. The van der Waals surface area contributed by atoms with Gasteiger partial charge in [-0.05, 0) is 25.3 Å². The van der Waals surface area contributed by atoms with E-state index in [-0.39, 0.29) is 25.0 Å². The largest absolute Gasteiger partial charge is 0.468 e. The number of nitrogens with one attached hydrogen (secondary N) is 1. The molecule has 106 valence electrons. The monoisotopic (exact) mass is 258 g/mol. The summed E-state index contributed by atoms with van der Waals surface area (Å²) in [5.74, 6) is 0.235. The third-order valence-electron chi connectivity index (χ3n) is 2.53. The number of nitrogens with zero attached hydrogens (tertiary/aromatic N) is 1. The number of methoxy groups -OCH3 is 1. The maximum atomic E-state index is 11.7. The molecule has 0 radical (unpaired) electrons. The second-order valence-electron chi connectivity index (χ2n) is 4.82. The van der Waals surface area contributed by atoms with Crippen LogP contribution in [0.1, 0.15) is 33.6 Å². The van der Waals surface area contributed by atoms with Crippen LogP contribution in [0.3, 0.4) is 0 Å². The highest BCUT2D eigenvalue weighted by atomic mass is 16.5. The highest BCUT2D eigenvalue weighted by Crippen LogP contribution is 1.97. The molecule has 0 heterocycles. The van der Waals surface area contributed by atoms with Crippen LogP contribution in [0.2, 0.25) is 0 Å². The van der Waals surface area contributed by atoms with E-state index < -0.39 is 0 Å². The lowest BCUT2D eigenvalue weighted by Crippen LogP contribution is -2.40. The summed E-state index contributed by atoms with van der Waals surface area (Å²) in [6.45, 7) is 8.07. The van der Waals surface area contributed by atoms with Crippen molar-refractivity contribution in [1.29, 1.82) is 0 Å². The van der Waals surface area contributed by atoms with E-state index in [2.05, 4.69) is 23.9 Å². The molecule has 0 aromatic heterocycles. The predicted octanol–water partition coefficient (Wildman–Crippen LogP) is 1.03. The van der Waals surface area contributed by atoms with Crippen LogP contribution in [0.4, 0.5) is 0 Å². The van der Waals surface area contributed by atoms with Crippen LogP contribution in [0.25, 0.3) is 0 Å². The minimum atomic E-state index is -0.307. The summed E-state index contributed by atoms with van der Waals surface area (Å²) < 4.78 is 4.61. The standard InChI is InChI=1S/C13H26N2O3/c1-5-8-15(10-13(17)18-4)9-12(16)14-7-6-11(2)3/h11H,5-10H2,1-4H3,(H,14,16). The van der Waals surface area contributed by atoms with E-state index in [0.717, 1.165) is 12.8 Å². The fourth-order valence-corrected chi connectivity index (χ4v) is 1.54. The van der Waals surface area contributed by atoms with Gasteiger partial charge in [0.15, 0.2) is 0 Å². The average Bonchev–Trinajstić information content (AvgIpc) is 2.28. The van der Waals surface area contributed by atoms with Crippen LogP contribution in [0.15, 0.2) is 0 Å². The SMILES string of the molecule is CCCN(CC(=O)NCCC(C)C)CC(=O)OC. The maximum absolute atomic E-state index is 11.7. The van der Waals surface area contributed by atoms with Gasteiger partial charge < -0.3 is 10.1 Å². The highest BCUT2D eigenvalue weighted by Gasteiger charge is 2.13. The van der Waals surface area contributed by atoms with E-state index in [0.29, 0.717) is 19.0 Å². The first-order chi connectivity index (χ1) is 8.49. The summed E-state index contributed by atoms with van der Waals surface area (Å²) in [6.07, 6.45) is 1.87. The second kappa shape index (κ2) is 9.88. The van der Waals surface area contributed by atoms with Gasteiger partial charge in [0.25, 0.3) is 0 Å². The first-order valence-electron chi connectivity index (χ1n) is 6.55. The zero-order valence-electron chi connectivity index (χ0n) is 12.0. The number of carbonyl (C=O) groups is 2. The van der Waals surface area contributed by atoms with Crippen LogP contribution in [0.5, 0.6) is 0 Å². The Hall–Kier alpha value is -1.10. The molecule has 0 saturated heterocycles. The molecule has 5 nitrogen and oxygen atoms in total. The van der Waals surface area contributed by atoms with Crippen molar-refractivity contribution in [1.82, 2.24) is 10.2 Å². The normalized spacial score (nSPS) is 10.8. The molecule has 0 bridgehead atoms. The Balaban J connectivity index is 3.99. The third-order valence-corrected chi connectivity index (χ3v) is 2.53. The summed E-state index contributed by atoms with van der Waals surface area (Å²) in [6, 6.07) is 0. The summed E-state index contributed by atoms with van der Waals surface area (Å²) in [4.78, 5) is 24.7. The lowest BCUT2D eigenvalue weighted by Gasteiger charge is -2.19. The van der Waals surface area contributed by atoms with Crippen LogP contribution >= 0.6 is 0 Å². The summed E-state index contributed by atoms with van der Waals surface area (Å²) in [5.41, 5.74) is 0. The van der Waals surface area contributed by atoms with E-state index in [1.807, 2.05) is 6.92 Å². The molecule has 0 aliphatic carbocycles. The van der Waals surface area contributed by atoms with Gasteiger partial charge in [-0.2, -0.15) is 0 Å². The van der Waals surface area contributed by atoms with Gasteiger partial charge in [0.1, 0.15) is 0 Å². The van der Waals surface area contributed by atoms with Crippen molar-refractivity contribution in [3.63, 3.8) is 0 Å². The number of ether oxygens (including phenoxy) is 1. The van der Waals surface area contributed by atoms with Crippen molar-refractivity contribution in [2.45, 2.75) is 33.6 Å². The summed E-state index contributed by atoms with van der Waals surface area (Å²) in [5, 5.41) is 2.86. The third kappa shape index (κ3) is 8.98. The Bertz CT molecular complexity index is 255. The fraction of sp³-hybridized carbons (Fsp3) is 0.846. The van der Waals surface area contributed by atoms with E-state index in [1.165, 1.54) is 7.11 Å². The predicted molar refractivity (Wildman–Crippen MR) is 71.2 cm³/mol. The number of hydrogen-bond donors (Lipinski definition) is 1. The number of esters is 1. The first kappa shape index (κ1) is 16.9. The van der Waals surface area contributed by atoms with Crippen molar-refractivity contribution in [2.75, 3.05) is 33.3 Å². The van der Waals surface area contributed by atoms with Gasteiger partial charge in [-0.25, -0.2) is 0 Å². The summed E-state index contributed by atoms with van der Waals surface area (Å²) in [7, 11) is 1.36. The molecule has 0 spiro atoms. The quantitative estimate of drug-likeness (QED) is 0.628. The molecule has 18 heavy (non-hydrogen) atoms. The van der Waals surface area contributed by atoms with Crippen molar-refractivity contribution in [3.8, 4) is 0 Å². The van der Waals surface area contributed by atoms with E-state index in [4.69, 9.17) is 0 Å². The summed E-state index contributed by atoms with van der Waals surface area (Å²) >= 11 is 0. The fourth-order valence-electron chi connectivity index (χ4n) is 1.54. The molecule has 0 aromatic carbocycles. The van der Waals surface area contributed by atoms with Gasteiger partial charge in [-0.3, -0.25) is 14.5 Å². The molecule has 0 aliphatic rings. The number of carbonyl (C=O) groups excluding carboxylic acids is 2. The van der Waals surface area contributed by atoms with Gasteiger partial charge in [-0.1, -0.05) is 20.8 Å². The zero-order chi connectivity index (χ0) is 14.0. The minimum Gasteiger partial charge on any atom is -0.468 e. The Morgan fingerprint density at radius 3 is 2.44 bits per heavy atom. The molecule has 0 unspecified atom stereocenters. The van der Waals surface area contributed by atoms with E-state index in [1.54, 1.807) is 4.90 Å². The van der Waals surface area contributed by atoms with Crippen LogP contribution < -0.4 is 5.32 Å². The maximum Gasteiger partial charge on any atom is 0.319 e. The zero-order valence-corrected chi connectivity index (χ0v) is 12.0. The smallest absolute Gasteiger partial charge is 0.319 e. The van der Waals surface area contributed by atoms with Gasteiger partial charge in [0, 0.05) is 6.54 Å². The van der Waals surface area contributed by atoms with Gasteiger partial charge in [-0.15, -0.1) is 0 Å². The van der Waals surface area contributed by atoms with E-state index >= 15 is 0 Å². The Morgan fingerprint density at radius 1 is 1.28 bits per heavy atom. The molecule has 0 aromatic rings. The van der Waals surface area contributed by atoms with E-state index in [9.17, 15) is 9.59 Å². The lowest BCUT2D eigenvalue weighted by atomic mass is 10.1. The molecule has 0 saturated carbocycles. The van der Waals surface area contributed by atoms with Crippen molar-refractivity contribution in [2.24, 2.45) is 5.92 Å². The van der Waals surface area contributed by atoms with Crippen molar-refractivity contribution in [3.05, 3.63) is 0 Å². The van der Waals surface area contributed by atoms with Gasteiger partial charge >= 0.3 is 5.97 Å². The number of rotatable bonds is 9. The second-order valence-corrected chi connectivity index (χ2v) is 4.82. The molecule has 1 N–H and O–H groups in total. The average molecular weight is 258 g/mol. The Labute approximate surface area is 110 Å². The van der Waals surface area contributed by atoms with Gasteiger partial charge in [0.2, 0.25) is 5.91 Å². The topological polar surface area (TPSA) is 58.6 Å². The van der Waals surface area contributed by atoms with Crippen LogP contribution in [0, 0.1) is 5.92 Å². The lowest BCUT2D eigenvalue weighted by molar-refractivity contribution is -0.142. The molecular formula is C13H26N2O3. The molecule has 5 heteroatoms. The minimum absolute atomic E-state index is 0.0343.